The second-order valence-corrected chi connectivity index (χ2v) is 5.22. The Morgan fingerprint density at radius 3 is 2.65 bits per heavy atom. The summed E-state index contributed by atoms with van der Waals surface area (Å²) in [5.41, 5.74) is 1.63. The van der Waals surface area contributed by atoms with Gasteiger partial charge < -0.3 is 15.2 Å². The highest BCUT2D eigenvalue weighted by atomic mass is 16.5. The van der Waals surface area contributed by atoms with Gasteiger partial charge in [0.15, 0.2) is 6.10 Å². The van der Waals surface area contributed by atoms with Crippen LogP contribution in [0.15, 0.2) is 24.3 Å². The van der Waals surface area contributed by atoms with E-state index in [1.165, 1.54) is 7.11 Å². The van der Waals surface area contributed by atoms with E-state index in [0.29, 0.717) is 0 Å². The fourth-order valence-electron chi connectivity index (χ4n) is 2.34. The van der Waals surface area contributed by atoms with Gasteiger partial charge in [0, 0.05) is 7.11 Å². The standard InChI is InChI=1S/C15H19NO4/c1-10-4-3-5-11(8-10)15(6-7-15)14(19)16-9-12(20-2)13(17)18/h3-5,8,12H,6-7,9H2,1-2H3,(H,16,19)(H,17,18). The highest BCUT2D eigenvalue weighted by Crippen LogP contribution is 2.48. The summed E-state index contributed by atoms with van der Waals surface area (Å²) in [5, 5.41) is 11.6. The Labute approximate surface area is 117 Å². The van der Waals surface area contributed by atoms with Gasteiger partial charge in [-0.1, -0.05) is 29.8 Å². The van der Waals surface area contributed by atoms with Crippen LogP contribution in [0.25, 0.3) is 0 Å². The predicted octanol–water partition coefficient (Wildman–Crippen LogP) is 1.24. The molecule has 1 aliphatic rings. The first-order chi connectivity index (χ1) is 9.49. The van der Waals surface area contributed by atoms with Crippen LogP contribution in [0.2, 0.25) is 0 Å². The molecule has 20 heavy (non-hydrogen) atoms. The maximum atomic E-state index is 12.3. The fourth-order valence-corrected chi connectivity index (χ4v) is 2.34. The number of hydrogen-bond donors (Lipinski definition) is 2. The molecule has 1 fully saturated rings. The van der Waals surface area contributed by atoms with Gasteiger partial charge in [0.1, 0.15) is 0 Å². The quantitative estimate of drug-likeness (QED) is 0.820. The average Bonchev–Trinajstić information content (AvgIpc) is 3.20. The summed E-state index contributed by atoms with van der Waals surface area (Å²) < 4.78 is 4.81. The molecule has 0 aromatic heterocycles. The SMILES string of the molecule is COC(CNC(=O)C1(c2cccc(C)c2)CC1)C(=O)O. The van der Waals surface area contributed by atoms with E-state index >= 15 is 0 Å². The van der Waals surface area contributed by atoms with Gasteiger partial charge in [-0.05, 0) is 25.3 Å². The highest BCUT2D eigenvalue weighted by Gasteiger charge is 2.51. The van der Waals surface area contributed by atoms with Crippen molar-refractivity contribution in [2.75, 3.05) is 13.7 Å². The highest BCUT2D eigenvalue weighted by molar-refractivity contribution is 5.91. The van der Waals surface area contributed by atoms with E-state index in [0.717, 1.165) is 24.0 Å². The Morgan fingerprint density at radius 1 is 1.45 bits per heavy atom. The summed E-state index contributed by atoms with van der Waals surface area (Å²) in [7, 11) is 1.32. The number of carboxylic acids is 1. The Hall–Kier alpha value is -1.88. The van der Waals surface area contributed by atoms with Crippen molar-refractivity contribution >= 4 is 11.9 Å². The van der Waals surface area contributed by atoms with E-state index < -0.39 is 17.5 Å². The van der Waals surface area contributed by atoms with Crippen LogP contribution in [0.1, 0.15) is 24.0 Å². The zero-order valence-corrected chi connectivity index (χ0v) is 11.7. The smallest absolute Gasteiger partial charge is 0.334 e. The molecule has 1 aromatic rings. The van der Waals surface area contributed by atoms with Crippen molar-refractivity contribution in [3.8, 4) is 0 Å². The maximum absolute atomic E-state index is 12.3. The van der Waals surface area contributed by atoms with Gasteiger partial charge in [-0.3, -0.25) is 4.79 Å². The topological polar surface area (TPSA) is 75.6 Å². The molecule has 0 bridgehead atoms. The molecule has 5 nitrogen and oxygen atoms in total. The van der Waals surface area contributed by atoms with Gasteiger partial charge >= 0.3 is 5.97 Å². The molecule has 1 aliphatic carbocycles. The number of amides is 1. The lowest BCUT2D eigenvalue weighted by Gasteiger charge is -2.18. The predicted molar refractivity (Wildman–Crippen MR) is 73.5 cm³/mol. The van der Waals surface area contributed by atoms with Gasteiger partial charge in [-0.15, -0.1) is 0 Å². The average molecular weight is 277 g/mol. The van der Waals surface area contributed by atoms with Crippen molar-refractivity contribution in [1.82, 2.24) is 5.32 Å². The molecule has 2 rings (SSSR count). The Bertz CT molecular complexity index is 522. The number of carbonyl (C=O) groups is 2. The monoisotopic (exact) mass is 277 g/mol. The van der Waals surface area contributed by atoms with Crippen molar-refractivity contribution < 1.29 is 19.4 Å². The number of ether oxygens (including phenoxy) is 1. The second-order valence-electron chi connectivity index (χ2n) is 5.22. The molecule has 1 unspecified atom stereocenters. The normalized spacial score (nSPS) is 17.3. The third kappa shape index (κ3) is 2.82. The molecule has 1 amide bonds. The number of carboxylic acid groups (broad SMARTS) is 1. The van der Waals surface area contributed by atoms with E-state index in [2.05, 4.69) is 5.32 Å². The molecular weight excluding hydrogens is 258 g/mol. The summed E-state index contributed by atoms with van der Waals surface area (Å²) in [4.78, 5) is 23.2. The number of carbonyl (C=O) groups excluding carboxylic acids is 1. The minimum Gasteiger partial charge on any atom is -0.479 e. The van der Waals surface area contributed by atoms with Gasteiger partial charge in [0.2, 0.25) is 5.91 Å². The molecular formula is C15H19NO4. The molecule has 1 atom stereocenters. The molecule has 0 aliphatic heterocycles. The lowest BCUT2D eigenvalue weighted by molar-refractivity contribution is -0.148. The van der Waals surface area contributed by atoms with Crippen LogP contribution in [0.3, 0.4) is 0 Å². The van der Waals surface area contributed by atoms with Gasteiger partial charge in [0.25, 0.3) is 0 Å². The number of aliphatic carboxylic acids is 1. The summed E-state index contributed by atoms with van der Waals surface area (Å²) in [6.07, 6.45) is 0.590. The third-order valence-electron chi connectivity index (χ3n) is 3.76. The van der Waals surface area contributed by atoms with E-state index in [-0.39, 0.29) is 12.5 Å². The molecule has 0 radical (unpaired) electrons. The first kappa shape index (κ1) is 14.5. The number of benzene rings is 1. The molecule has 5 heteroatoms. The lowest BCUT2D eigenvalue weighted by Crippen LogP contribution is -2.42. The van der Waals surface area contributed by atoms with E-state index in [1.54, 1.807) is 0 Å². The zero-order valence-electron chi connectivity index (χ0n) is 11.7. The largest absolute Gasteiger partial charge is 0.479 e. The van der Waals surface area contributed by atoms with Crippen LogP contribution < -0.4 is 5.32 Å². The maximum Gasteiger partial charge on any atom is 0.334 e. The molecule has 1 aromatic carbocycles. The molecule has 0 saturated heterocycles. The fraction of sp³-hybridized carbons (Fsp3) is 0.467. The second kappa shape index (κ2) is 5.63. The van der Waals surface area contributed by atoms with E-state index in [1.807, 2.05) is 31.2 Å². The van der Waals surface area contributed by atoms with Crippen LogP contribution >= 0.6 is 0 Å². The van der Waals surface area contributed by atoms with Crippen molar-refractivity contribution in [1.29, 1.82) is 0 Å². The minimum atomic E-state index is -1.08. The first-order valence-electron chi connectivity index (χ1n) is 6.60. The Kier molecular flexibility index (Phi) is 4.09. The summed E-state index contributed by atoms with van der Waals surface area (Å²) >= 11 is 0. The summed E-state index contributed by atoms with van der Waals surface area (Å²) in [6, 6.07) is 7.89. The van der Waals surface area contributed by atoms with Crippen molar-refractivity contribution in [2.45, 2.75) is 31.3 Å². The number of rotatable bonds is 6. The van der Waals surface area contributed by atoms with Crippen LogP contribution in [-0.4, -0.2) is 36.7 Å². The Morgan fingerprint density at radius 2 is 2.15 bits per heavy atom. The Balaban J connectivity index is 2.04. The molecule has 0 heterocycles. The summed E-state index contributed by atoms with van der Waals surface area (Å²) in [6.45, 7) is 1.97. The van der Waals surface area contributed by atoms with Gasteiger partial charge in [-0.25, -0.2) is 4.79 Å². The molecule has 0 spiro atoms. The van der Waals surface area contributed by atoms with Crippen molar-refractivity contribution in [3.05, 3.63) is 35.4 Å². The number of nitrogens with one attached hydrogen (secondary N) is 1. The summed E-state index contributed by atoms with van der Waals surface area (Å²) in [5.74, 6) is -1.19. The molecule has 2 N–H and O–H groups in total. The number of methoxy groups -OCH3 is 1. The molecule has 1 saturated carbocycles. The van der Waals surface area contributed by atoms with Crippen LogP contribution in [0.5, 0.6) is 0 Å². The zero-order chi connectivity index (χ0) is 14.8. The van der Waals surface area contributed by atoms with Crippen LogP contribution in [0, 0.1) is 6.92 Å². The minimum absolute atomic E-state index is 0.0156. The van der Waals surface area contributed by atoms with Gasteiger partial charge in [-0.2, -0.15) is 0 Å². The van der Waals surface area contributed by atoms with Crippen LogP contribution in [0.4, 0.5) is 0 Å². The van der Waals surface area contributed by atoms with Crippen molar-refractivity contribution in [3.63, 3.8) is 0 Å². The van der Waals surface area contributed by atoms with Crippen LogP contribution in [-0.2, 0) is 19.7 Å². The van der Waals surface area contributed by atoms with Crippen molar-refractivity contribution in [2.24, 2.45) is 0 Å². The third-order valence-corrected chi connectivity index (χ3v) is 3.76. The van der Waals surface area contributed by atoms with E-state index in [4.69, 9.17) is 9.84 Å². The first-order valence-corrected chi connectivity index (χ1v) is 6.60. The van der Waals surface area contributed by atoms with E-state index in [9.17, 15) is 9.59 Å². The number of aryl methyl sites for hydroxylation is 1. The lowest BCUT2D eigenvalue weighted by atomic mass is 9.93. The number of hydrogen-bond acceptors (Lipinski definition) is 3. The van der Waals surface area contributed by atoms with Gasteiger partial charge in [0.05, 0.1) is 12.0 Å². The molecule has 108 valence electrons.